The molecule has 4 rings (SSSR count). The summed E-state index contributed by atoms with van der Waals surface area (Å²) >= 11 is 14.7. The molecule has 0 unspecified atom stereocenters. The first-order valence-corrected chi connectivity index (χ1v) is 12.3. The van der Waals surface area contributed by atoms with E-state index in [1.54, 1.807) is 60.7 Å². The van der Waals surface area contributed by atoms with E-state index in [4.69, 9.17) is 28.6 Å². The van der Waals surface area contributed by atoms with Gasteiger partial charge in [-0.05, 0) is 73.2 Å². The molecule has 1 saturated heterocycles. The van der Waals surface area contributed by atoms with E-state index in [-0.39, 0.29) is 17.3 Å². The molecule has 1 heterocycles. The van der Waals surface area contributed by atoms with Gasteiger partial charge in [-0.3, -0.25) is 24.6 Å². The highest BCUT2D eigenvalue weighted by molar-refractivity contribution is 9.10. The molecule has 2 N–H and O–H groups in total. The number of para-hydroxylation sites is 1. The number of ether oxygens (including phenoxy) is 1. The van der Waals surface area contributed by atoms with E-state index in [0.29, 0.717) is 32.2 Å². The van der Waals surface area contributed by atoms with Gasteiger partial charge in [-0.15, -0.1) is 0 Å². The van der Waals surface area contributed by atoms with Crippen molar-refractivity contribution in [3.8, 4) is 5.75 Å². The van der Waals surface area contributed by atoms with Crippen LogP contribution in [0.4, 0.5) is 11.4 Å². The van der Waals surface area contributed by atoms with Crippen molar-refractivity contribution < 1.29 is 19.1 Å². The number of aryl methyl sites for hydroxylation is 1. The molecule has 0 aliphatic carbocycles. The molecule has 7 nitrogen and oxygen atoms in total. The summed E-state index contributed by atoms with van der Waals surface area (Å²) in [6.07, 6.45) is 1.41. The number of halogens is 2. The second-order valence-electron chi connectivity index (χ2n) is 7.78. The summed E-state index contributed by atoms with van der Waals surface area (Å²) in [7, 11) is 0. The molecular formula is C26H19BrClN3O4S. The molecule has 10 heteroatoms. The molecule has 0 radical (unpaired) electrons. The molecule has 0 spiro atoms. The highest BCUT2D eigenvalue weighted by atomic mass is 79.9. The Morgan fingerprint density at radius 1 is 1.14 bits per heavy atom. The van der Waals surface area contributed by atoms with E-state index in [1.807, 2.05) is 13.0 Å². The van der Waals surface area contributed by atoms with Crippen molar-refractivity contribution in [1.82, 2.24) is 5.32 Å². The molecule has 3 aromatic rings. The van der Waals surface area contributed by atoms with Crippen molar-refractivity contribution in [2.24, 2.45) is 0 Å². The SMILES string of the molecule is Cc1ccc(NC(=O)COc2ccc(Br)cc2/C=C2/C(=O)NC(=S)N(c3ccccc3)C2=O)cc1Cl. The number of hydrogen-bond donors (Lipinski definition) is 2. The van der Waals surface area contributed by atoms with Crippen LogP contribution in [0.5, 0.6) is 5.75 Å². The average molecular weight is 585 g/mol. The Kier molecular flexibility index (Phi) is 7.83. The maximum Gasteiger partial charge on any atom is 0.270 e. The van der Waals surface area contributed by atoms with E-state index < -0.39 is 17.7 Å². The highest BCUT2D eigenvalue weighted by Gasteiger charge is 2.34. The minimum absolute atomic E-state index is 0.00746. The van der Waals surface area contributed by atoms with Gasteiger partial charge in [0.2, 0.25) is 0 Å². The normalized spacial score (nSPS) is 14.6. The second kappa shape index (κ2) is 11.0. The Bertz CT molecular complexity index is 1410. The van der Waals surface area contributed by atoms with E-state index in [9.17, 15) is 14.4 Å². The van der Waals surface area contributed by atoms with E-state index >= 15 is 0 Å². The van der Waals surface area contributed by atoms with Crippen LogP contribution in [0.1, 0.15) is 11.1 Å². The predicted molar refractivity (Wildman–Crippen MR) is 147 cm³/mol. The van der Waals surface area contributed by atoms with Crippen LogP contribution in [0.15, 0.2) is 76.8 Å². The third kappa shape index (κ3) is 5.81. The van der Waals surface area contributed by atoms with E-state index in [2.05, 4.69) is 26.6 Å². The van der Waals surface area contributed by atoms with Crippen LogP contribution < -0.4 is 20.3 Å². The van der Waals surface area contributed by atoms with Gasteiger partial charge in [0.25, 0.3) is 17.7 Å². The molecular weight excluding hydrogens is 566 g/mol. The van der Waals surface area contributed by atoms with Crippen LogP contribution >= 0.6 is 39.7 Å². The highest BCUT2D eigenvalue weighted by Crippen LogP contribution is 2.28. The zero-order chi connectivity index (χ0) is 25.8. The number of amides is 3. The van der Waals surface area contributed by atoms with Crippen LogP contribution in [0.25, 0.3) is 6.08 Å². The summed E-state index contributed by atoms with van der Waals surface area (Å²) in [5.41, 5.74) is 2.26. The van der Waals surface area contributed by atoms with Gasteiger partial charge in [-0.2, -0.15) is 0 Å². The fraction of sp³-hybridized carbons (Fsp3) is 0.0769. The van der Waals surface area contributed by atoms with Crippen molar-refractivity contribution in [2.75, 3.05) is 16.8 Å². The zero-order valence-corrected chi connectivity index (χ0v) is 22.0. The third-order valence-electron chi connectivity index (χ3n) is 5.20. The van der Waals surface area contributed by atoms with Gasteiger partial charge >= 0.3 is 0 Å². The van der Waals surface area contributed by atoms with Crippen molar-refractivity contribution in [3.63, 3.8) is 0 Å². The van der Waals surface area contributed by atoms with Gasteiger partial charge in [0.15, 0.2) is 11.7 Å². The lowest BCUT2D eigenvalue weighted by Gasteiger charge is -2.29. The second-order valence-corrected chi connectivity index (χ2v) is 9.49. The van der Waals surface area contributed by atoms with Gasteiger partial charge in [0.1, 0.15) is 11.3 Å². The van der Waals surface area contributed by atoms with Crippen LogP contribution in [0.2, 0.25) is 5.02 Å². The summed E-state index contributed by atoms with van der Waals surface area (Å²) in [6.45, 7) is 1.56. The van der Waals surface area contributed by atoms with Crippen molar-refractivity contribution in [1.29, 1.82) is 0 Å². The third-order valence-corrected chi connectivity index (χ3v) is 6.39. The van der Waals surface area contributed by atoms with Crippen LogP contribution in [-0.2, 0) is 14.4 Å². The molecule has 0 bridgehead atoms. The molecule has 1 aliphatic heterocycles. The monoisotopic (exact) mass is 583 g/mol. The van der Waals surface area contributed by atoms with Crippen molar-refractivity contribution >= 4 is 80.0 Å². The largest absolute Gasteiger partial charge is 0.483 e. The Labute approximate surface area is 226 Å². The molecule has 1 fully saturated rings. The van der Waals surface area contributed by atoms with Crippen LogP contribution in [0, 0.1) is 6.92 Å². The fourth-order valence-corrected chi connectivity index (χ4v) is 4.24. The minimum atomic E-state index is -0.628. The summed E-state index contributed by atoms with van der Waals surface area (Å²) in [5, 5.41) is 5.80. The number of hydrogen-bond acceptors (Lipinski definition) is 5. The van der Waals surface area contributed by atoms with E-state index in [1.165, 1.54) is 11.0 Å². The van der Waals surface area contributed by atoms with Gasteiger partial charge in [-0.25, -0.2) is 0 Å². The van der Waals surface area contributed by atoms with Gasteiger partial charge in [0, 0.05) is 20.7 Å². The summed E-state index contributed by atoms with van der Waals surface area (Å²) in [5.74, 6) is -1.29. The first-order chi connectivity index (χ1) is 17.2. The lowest BCUT2D eigenvalue weighted by Crippen LogP contribution is -2.54. The lowest BCUT2D eigenvalue weighted by molar-refractivity contribution is -0.122. The summed E-state index contributed by atoms with van der Waals surface area (Å²) in [6, 6.07) is 19.0. The number of carbonyl (C=O) groups excluding carboxylic acids is 3. The van der Waals surface area contributed by atoms with Gasteiger partial charge in [0.05, 0.1) is 5.69 Å². The molecule has 0 saturated carbocycles. The summed E-state index contributed by atoms with van der Waals surface area (Å²) < 4.78 is 6.43. The van der Waals surface area contributed by atoms with Crippen LogP contribution in [-0.4, -0.2) is 29.4 Å². The molecule has 1 aliphatic rings. The quantitative estimate of drug-likeness (QED) is 0.235. The first-order valence-electron chi connectivity index (χ1n) is 10.7. The number of thiocarbonyl (C=S) groups is 1. The van der Waals surface area contributed by atoms with Gasteiger partial charge in [-0.1, -0.05) is 51.8 Å². The lowest BCUT2D eigenvalue weighted by atomic mass is 10.1. The average Bonchev–Trinajstić information content (AvgIpc) is 2.84. The first kappa shape index (κ1) is 25.6. The Morgan fingerprint density at radius 2 is 1.89 bits per heavy atom. The minimum Gasteiger partial charge on any atom is -0.483 e. The predicted octanol–water partition coefficient (Wildman–Crippen LogP) is 5.26. The number of rotatable bonds is 6. The molecule has 3 amide bonds. The molecule has 3 aromatic carbocycles. The fourth-order valence-electron chi connectivity index (χ4n) is 3.40. The smallest absolute Gasteiger partial charge is 0.270 e. The number of nitrogens with one attached hydrogen (secondary N) is 2. The molecule has 0 aromatic heterocycles. The Morgan fingerprint density at radius 3 is 2.61 bits per heavy atom. The number of anilines is 2. The topological polar surface area (TPSA) is 87.7 Å². The number of benzene rings is 3. The Balaban J connectivity index is 1.56. The molecule has 0 atom stereocenters. The number of nitrogens with zero attached hydrogens (tertiary/aromatic N) is 1. The maximum absolute atomic E-state index is 13.2. The van der Waals surface area contributed by atoms with Crippen molar-refractivity contribution in [3.05, 3.63) is 92.9 Å². The Hall–Kier alpha value is -3.53. The van der Waals surface area contributed by atoms with Crippen molar-refractivity contribution in [2.45, 2.75) is 6.92 Å². The van der Waals surface area contributed by atoms with E-state index in [0.717, 1.165) is 5.56 Å². The maximum atomic E-state index is 13.2. The molecule has 36 heavy (non-hydrogen) atoms. The molecule has 182 valence electrons. The summed E-state index contributed by atoms with van der Waals surface area (Å²) in [4.78, 5) is 39.6. The van der Waals surface area contributed by atoms with Gasteiger partial charge < -0.3 is 10.1 Å². The van der Waals surface area contributed by atoms with Crippen LogP contribution in [0.3, 0.4) is 0 Å². The number of carbonyl (C=O) groups is 3. The zero-order valence-electron chi connectivity index (χ0n) is 18.9. The standard InChI is InChI=1S/C26H19BrClN3O4S/c1-15-7-9-18(13-21(15)28)29-23(32)14-35-22-10-8-17(27)11-16(22)12-20-24(33)30-26(36)31(25(20)34)19-5-3-2-4-6-19/h2-13H,14H2,1H3,(H,29,32)(H,30,33,36)/b20-12-.